The maximum absolute atomic E-state index is 12.4. The molecule has 2 heterocycles. The van der Waals surface area contributed by atoms with Crippen molar-refractivity contribution in [3.63, 3.8) is 0 Å². The molecule has 5 nitrogen and oxygen atoms in total. The second kappa shape index (κ2) is 7.94. The van der Waals surface area contributed by atoms with E-state index in [9.17, 15) is 4.79 Å². The van der Waals surface area contributed by atoms with Gasteiger partial charge in [0.1, 0.15) is 5.82 Å². The Morgan fingerprint density at radius 3 is 2.52 bits per heavy atom. The third-order valence-electron chi connectivity index (χ3n) is 5.72. The average molecular weight is 361 g/mol. The molecule has 0 atom stereocenters. The van der Waals surface area contributed by atoms with Crippen LogP contribution in [0.15, 0.2) is 9.95 Å². The number of aromatic amines is 2. The van der Waals surface area contributed by atoms with E-state index in [1.165, 1.54) is 64.2 Å². The Labute approximate surface area is 152 Å². The number of nitrogens with zero attached hydrogens (tertiary/aromatic N) is 2. The second-order valence-electron chi connectivity index (χ2n) is 7.67. The summed E-state index contributed by atoms with van der Waals surface area (Å²) >= 11 is 1.72. The van der Waals surface area contributed by atoms with Crippen molar-refractivity contribution >= 4 is 22.9 Å². The number of rotatable bonds is 6. The summed E-state index contributed by atoms with van der Waals surface area (Å²) in [5.74, 6) is 1.82. The van der Waals surface area contributed by atoms with Gasteiger partial charge in [-0.3, -0.25) is 9.78 Å². The normalized spacial score (nSPS) is 19.8. The summed E-state index contributed by atoms with van der Waals surface area (Å²) in [5, 5.41) is 1.31. The topological polar surface area (TPSA) is 74.4 Å². The van der Waals surface area contributed by atoms with Gasteiger partial charge in [0.2, 0.25) is 0 Å². The molecule has 0 aromatic carbocycles. The minimum atomic E-state index is -0.0853. The van der Waals surface area contributed by atoms with Gasteiger partial charge in [-0.1, -0.05) is 63.1 Å². The summed E-state index contributed by atoms with van der Waals surface area (Å²) in [4.78, 5) is 27.7. The number of aromatic nitrogens is 4. The van der Waals surface area contributed by atoms with E-state index in [-0.39, 0.29) is 5.56 Å². The van der Waals surface area contributed by atoms with Crippen molar-refractivity contribution in [3.05, 3.63) is 16.2 Å². The van der Waals surface area contributed by atoms with Crippen LogP contribution in [0.5, 0.6) is 0 Å². The molecule has 2 saturated carbocycles. The minimum Gasteiger partial charge on any atom is -0.336 e. The van der Waals surface area contributed by atoms with E-state index in [0.29, 0.717) is 16.4 Å². The lowest BCUT2D eigenvalue weighted by Gasteiger charge is -2.19. The Morgan fingerprint density at radius 2 is 1.72 bits per heavy atom. The number of H-pyrrole nitrogens is 2. The fourth-order valence-corrected chi connectivity index (χ4v) is 5.48. The van der Waals surface area contributed by atoms with E-state index < -0.39 is 0 Å². The first-order valence-electron chi connectivity index (χ1n) is 9.93. The SMILES string of the molecule is O=c1[nH]c(SC2CCCCC2)nc2nc(CCCC3CCCC3)[nH]c12. The summed E-state index contributed by atoms with van der Waals surface area (Å²) < 4.78 is 0. The molecule has 0 unspecified atom stereocenters. The van der Waals surface area contributed by atoms with E-state index in [1.54, 1.807) is 11.8 Å². The van der Waals surface area contributed by atoms with Crippen LogP contribution >= 0.6 is 11.8 Å². The van der Waals surface area contributed by atoms with E-state index in [1.807, 2.05) is 0 Å². The van der Waals surface area contributed by atoms with Crippen LogP contribution in [0.4, 0.5) is 0 Å². The largest absolute Gasteiger partial charge is 0.336 e. The van der Waals surface area contributed by atoms with Crippen molar-refractivity contribution in [2.45, 2.75) is 87.5 Å². The number of fused-ring (bicyclic) bond motifs is 1. The highest BCUT2D eigenvalue weighted by atomic mass is 32.2. The average Bonchev–Trinajstić information content (AvgIpc) is 3.26. The standard InChI is InChI=1S/C19H28N4OS/c24-18-16-17(22-19(23-18)25-14-10-2-1-3-11-14)21-15(20-16)12-6-9-13-7-4-5-8-13/h13-14H,1-12H2,(H2,20,21,22,23,24). The van der Waals surface area contributed by atoms with Crippen LogP contribution in [0.3, 0.4) is 0 Å². The molecule has 2 fully saturated rings. The van der Waals surface area contributed by atoms with Gasteiger partial charge < -0.3 is 4.98 Å². The maximum atomic E-state index is 12.4. The van der Waals surface area contributed by atoms with Gasteiger partial charge in [0.05, 0.1) is 0 Å². The number of thioether (sulfide) groups is 1. The Hall–Kier alpha value is -1.30. The lowest BCUT2D eigenvalue weighted by Crippen LogP contribution is -2.13. The Kier molecular flexibility index (Phi) is 5.44. The molecule has 136 valence electrons. The van der Waals surface area contributed by atoms with Gasteiger partial charge in [-0.2, -0.15) is 0 Å². The maximum Gasteiger partial charge on any atom is 0.277 e. The van der Waals surface area contributed by atoms with Crippen LogP contribution < -0.4 is 5.56 Å². The van der Waals surface area contributed by atoms with E-state index in [2.05, 4.69) is 19.9 Å². The highest BCUT2D eigenvalue weighted by molar-refractivity contribution is 7.99. The van der Waals surface area contributed by atoms with Crippen molar-refractivity contribution in [2.24, 2.45) is 5.92 Å². The fourth-order valence-electron chi connectivity index (χ4n) is 4.31. The Morgan fingerprint density at radius 1 is 0.960 bits per heavy atom. The van der Waals surface area contributed by atoms with Gasteiger partial charge in [-0.25, -0.2) is 9.97 Å². The van der Waals surface area contributed by atoms with E-state index >= 15 is 0 Å². The van der Waals surface area contributed by atoms with Crippen LogP contribution in [0.25, 0.3) is 11.2 Å². The summed E-state index contributed by atoms with van der Waals surface area (Å²) in [6, 6.07) is 0. The van der Waals surface area contributed by atoms with Gasteiger partial charge in [-0.05, 0) is 25.2 Å². The quantitative estimate of drug-likeness (QED) is 0.739. The lowest BCUT2D eigenvalue weighted by atomic mass is 10.0. The highest BCUT2D eigenvalue weighted by Gasteiger charge is 2.18. The summed E-state index contributed by atoms with van der Waals surface area (Å²) in [7, 11) is 0. The first kappa shape index (κ1) is 17.1. The molecule has 0 radical (unpaired) electrons. The van der Waals surface area contributed by atoms with E-state index in [4.69, 9.17) is 0 Å². The summed E-state index contributed by atoms with van der Waals surface area (Å²) in [5.41, 5.74) is 1.03. The first-order chi connectivity index (χ1) is 12.3. The molecule has 0 aliphatic heterocycles. The molecule has 4 rings (SSSR count). The monoisotopic (exact) mass is 360 g/mol. The molecular weight excluding hydrogens is 332 g/mol. The molecule has 0 saturated heterocycles. The summed E-state index contributed by atoms with van der Waals surface area (Å²) in [6.45, 7) is 0. The minimum absolute atomic E-state index is 0.0853. The van der Waals surface area contributed by atoms with Crippen LogP contribution in [0, 0.1) is 5.92 Å². The van der Waals surface area contributed by atoms with Gasteiger partial charge in [0.15, 0.2) is 16.3 Å². The smallest absolute Gasteiger partial charge is 0.277 e. The number of hydrogen-bond donors (Lipinski definition) is 2. The van der Waals surface area contributed by atoms with Crippen molar-refractivity contribution < 1.29 is 0 Å². The van der Waals surface area contributed by atoms with Gasteiger partial charge in [0, 0.05) is 11.7 Å². The van der Waals surface area contributed by atoms with Crippen molar-refractivity contribution in [1.29, 1.82) is 0 Å². The molecule has 2 aromatic heterocycles. The van der Waals surface area contributed by atoms with Crippen molar-refractivity contribution in [2.75, 3.05) is 0 Å². The molecular formula is C19H28N4OS. The molecule has 25 heavy (non-hydrogen) atoms. The molecule has 2 aromatic rings. The zero-order chi connectivity index (χ0) is 17.1. The fraction of sp³-hybridized carbons (Fsp3) is 0.737. The zero-order valence-electron chi connectivity index (χ0n) is 14.9. The molecule has 6 heteroatoms. The van der Waals surface area contributed by atoms with Crippen molar-refractivity contribution in [1.82, 2.24) is 19.9 Å². The Balaban J connectivity index is 1.42. The Bertz CT molecular complexity index is 756. The molecule has 0 amide bonds. The predicted molar refractivity (Wildman–Crippen MR) is 102 cm³/mol. The van der Waals surface area contributed by atoms with Crippen LogP contribution in [0.2, 0.25) is 0 Å². The molecule has 0 bridgehead atoms. The number of aryl methyl sites for hydroxylation is 1. The molecule has 2 aliphatic carbocycles. The van der Waals surface area contributed by atoms with Crippen LogP contribution in [0.1, 0.15) is 76.5 Å². The lowest BCUT2D eigenvalue weighted by molar-refractivity contribution is 0.481. The van der Waals surface area contributed by atoms with Gasteiger partial charge in [-0.15, -0.1) is 0 Å². The number of imidazole rings is 1. The van der Waals surface area contributed by atoms with E-state index in [0.717, 1.165) is 29.7 Å². The third kappa shape index (κ3) is 4.27. The zero-order valence-corrected chi connectivity index (χ0v) is 15.7. The molecule has 2 N–H and O–H groups in total. The highest BCUT2D eigenvalue weighted by Crippen LogP contribution is 2.32. The number of hydrogen-bond acceptors (Lipinski definition) is 4. The van der Waals surface area contributed by atoms with Crippen molar-refractivity contribution in [3.8, 4) is 0 Å². The molecule has 0 spiro atoms. The first-order valence-corrected chi connectivity index (χ1v) is 10.8. The summed E-state index contributed by atoms with van der Waals surface area (Å²) in [6.07, 6.45) is 15.3. The van der Waals surface area contributed by atoms with Crippen LogP contribution in [-0.4, -0.2) is 25.2 Å². The van der Waals surface area contributed by atoms with Gasteiger partial charge in [0.25, 0.3) is 5.56 Å². The van der Waals surface area contributed by atoms with Crippen LogP contribution in [-0.2, 0) is 6.42 Å². The second-order valence-corrected chi connectivity index (χ2v) is 8.96. The number of nitrogens with one attached hydrogen (secondary N) is 2. The predicted octanol–water partition coefficient (Wildman–Crippen LogP) is 4.58. The molecule has 2 aliphatic rings. The van der Waals surface area contributed by atoms with Gasteiger partial charge >= 0.3 is 0 Å². The third-order valence-corrected chi connectivity index (χ3v) is 6.94.